The van der Waals surface area contributed by atoms with Gasteiger partial charge in [0.1, 0.15) is 0 Å². The molecule has 2 aromatic carbocycles. The second kappa shape index (κ2) is 7.38. The molecule has 1 aliphatic heterocycles. The molecule has 0 unspecified atom stereocenters. The Morgan fingerprint density at radius 1 is 1.04 bits per heavy atom. The van der Waals surface area contributed by atoms with E-state index in [0.717, 1.165) is 15.8 Å². The number of carbonyl (C=O) groups excluding carboxylic acids is 1. The fraction of sp³-hybridized carbons (Fsp3) is 0.263. The molecule has 1 aliphatic rings. The Bertz CT molecular complexity index is 1060. The number of hydrogen-bond acceptors (Lipinski definition) is 5. The Morgan fingerprint density at radius 2 is 1.78 bits per heavy atom. The summed E-state index contributed by atoms with van der Waals surface area (Å²) in [5.74, 6) is -0.0745. The second-order valence-corrected chi connectivity index (χ2v) is 9.32. The largest absolute Gasteiger partial charge is 0.336 e. The Kier molecular flexibility index (Phi) is 4.94. The van der Waals surface area contributed by atoms with Crippen molar-refractivity contribution in [3.8, 4) is 0 Å². The van der Waals surface area contributed by atoms with Crippen LogP contribution in [0.2, 0.25) is 0 Å². The maximum atomic E-state index is 12.8. The van der Waals surface area contributed by atoms with Gasteiger partial charge in [0, 0.05) is 31.7 Å². The van der Waals surface area contributed by atoms with Gasteiger partial charge in [-0.3, -0.25) is 4.79 Å². The minimum Gasteiger partial charge on any atom is -0.336 e. The standard InChI is InChI=1S/C19H19N3O3S2/c23-19(16-6-7-17-18(12-16)26-14-20-17)21-8-10-22(11-9-21)27(24,25)13-15-4-2-1-3-5-15/h1-7,12,14H,8-11,13H2. The van der Waals surface area contributed by atoms with Crippen LogP contribution in [0.5, 0.6) is 0 Å². The van der Waals surface area contributed by atoms with E-state index in [4.69, 9.17) is 0 Å². The van der Waals surface area contributed by atoms with E-state index < -0.39 is 10.0 Å². The van der Waals surface area contributed by atoms with Gasteiger partial charge in [-0.25, -0.2) is 13.4 Å². The lowest BCUT2D eigenvalue weighted by Crippen LogP contribution is -2.50. The molecule has 0 atom stereocenters. The molecule has 3 aromatic rings. The highest BCUT2D eigenvalue weighted by atomic mass is 32.2. The lowest BCUT2D eigenvalue weighted by molar-refractivity contribution is 0.0698. The van der Waals surface area contributed by atoms with Crippen molar-refractivity contribution in [2.24, 2.45) is 0 Å². The number of amides is 1. The van der Waals surface area contributed by atoms with E-state index in [1.54, 1.807) is 16.5 Å². The summed E-state index contributed by atoms with van der Waals surface area (Å²) < 4.78 is 27.7. The Labute approximate surface area is 162 Å². The van der Waals surface area contributed by atoms with Crippen molar-refractivity contribution in [3.63, 3.8) is 0 Å². The monoisotopic (exact) mass is 401 g/mol. The number of nitrogens with zero attached hydrogens (tertiary/aromatic N) is 3. The summed E-state index contributed by atoms with van der Waals surface area (Å²) in [5, 5.41) is 0. The topological polar surface area (TPSA) is 70.6 Å². The van der Waals surface area contributed by atoms with Gasteiger partial charge in [-0.15, -0.1) is 11.3 Å². The predicted molar refractivity (Wildman–Crippen MR) is 106 cm³/mol. The van der Waals surface area contributed by atoms with Crippen molar-refractivity contribution in [1.29, 1.82) is 0 Å². The molecule has 8 heteroatoms. The average molecular weight is 402 g/mol. The van der Waals surface area contributed by atoms with Gasteiger partial charge in [-0.05, 0) is 23.8 Å². The SMILES string of the molecule is O=C(c1ccc2ncsc2c1)N1CCN(S(=O)(=O)Cc2ccccc2)CC1. The number of benzene rings is 2. The first-order valence-corrected chi connectivity index (χ1v) is 11.2. The highest BCUT2D eigenvalue weighted by Gasteiger charge is 2.29. The van der Waals surface area contributed by atoms with Gasteiger partial charge in [0.15, 0.2) is 0 Å². The van der Waals surface area contributed by atoms with E-state index in [-0.39, 0.29) is 11.7 Å². The molecule has 1 aromatic heterocycles. The molecular formula is C19H19N3O3S2. The van der Waals surface area contributed by atoms with Crippen LogP contribution >= 0.6 is 11.3 Å². The molecule has 4 rings (SSSR count). The van der Waals surface area contributed by atoms with Crippen LogP contribution in [-0.4, -0.2) is 54.7 Å². The molecule has 140 valence electrons. The van der Waals surface area contributed by atoms with Crippen LogP contribution in [0.4, 0.5) is 0 Å². The highest BCUT2D eigenvalue weighted by molar-refractivity contribution is 7.88. The van der Waals surface area contributed by atoms with Crippen molar-refractivity contribution >= 4 is 37.5 Å². The molecular weight excluding hydrogens is 382 g/mol. The van der Waals surface area contributed by atoms with E-state index in [1.807, 2.05) is 42.5 Å². The van der Waals surface area contributed by atoms with Crippen LogP contribution in [0.3, 0.4) is 0 Å². The molecule has 27 heavy (non-hydrogen) atoms. The van der Waals surface area contributed by atoms with Crippen LogP contribution in [0.1, 0.15) is 15.9 Å². The van der Waals surface area contributed by atoms with E-state index in [1.165, 1.54) is 15.6 Å². The summed E-state index contributed by atoms with van der Waals surface area (Å²) in [7, 11) is -3.38. The van der Waals surface area contributed by atoms with E-state index in [2.05, 4.69) is 4.98 Å². The Morgan fingerprint density at radius 3 is 2.52 bits per heavy atom. The number of hydrogen-bond donors (Lipinski definition) is 0. The summed E-state index contributed by atoms with van der Waals surface area (Å²) in [6.07, 6.45) is 0. The van der Waals surface area contributed by atoms with Crippen molar-refractivity contribution in [2.75, 3.05) is 26.2 Å². The minimum absolute atomic E-state index is 0.0101. The van der Waals surface area contributed by atoms with E-state index >= 15 is 0 Å². The normalized spacial score (nSPS) is 15.9. The van der Waals surface area contributed by atoms with Gasteiger partial charge >= 0.3 is 0 Å². The highest BCUT2D eigenvalue weighted by Crippen LogP contribution is 2.21. The number of piperazine rings is 1. The molecule has 1 fully saturated rings. The first-order valence-electron chi connectivity index (χ1n) is 8.67. The van der Waals surface area contributed by atoms with Crippen LogP contribution < -0.4 is 0 Å². The molecule has 1 amide bonds. The van der Waals surface area contributed by atoms with Gasteiger partial charge in [0.25, 0.3) is 5.91 Å². The third-order valence-electron chi connectivity index (χ3n) is 4.69. The predicted octanol–water partition coefficient (Wildman–Crippen LogP) is 2.58. The fourth-order valence-electron chi connectivity index (χ4n) is 3.22. The first-order chi connectivity index (χ1) is 13.0. The number of rotatable bonds is 4. The zero-order valence-electron chi connectivity index (χ0n) is 14.6. The molecule has 0 N–H and O–H groups in total. The summed E-state index contributed by atoms with van der Waals surface area (Å²) >= 11 is 1.50. The summed E-state index contributed by atoms with van der Waals surface area (Å²) in [5.41, 5.74) is 4.03. The molecule has 6 nitrogen and oxygen atoms in total. The van der Waals surface area contributed by atoms with E-state index in [9.17, 15) is 13.2 Å². The molecule has 0 spiro atoms. The van der Waals surface area contributed by atoms with Crippen molar-refractivity contribution < 1.29 is 13.2 Å². The Hall–Kier alpha value is -2.29. The minimum atomic E-state index is -3.38. The van der Waals surface area contributed by atoms with Gasteiger partial charge in [-0.2, -0.15) is 4.31 Å². The first kappa shape index (κ1) is 18.1. The summed E-state index contributed by atoms with van der Waals surface area (Å²) in [6, 6.07) is 14.6. The zero-order valence-corrected chi connectivity index (χ0v) is 16.2. The van der Waals surface area contributed by atoms with Gasteiger partial charge in [-0.1, -0.05) is 30.3 Å². The molecule has 0 bridgehead atoms. The van der Waals surface area contributed by atoms with Crippen LogP contribution in [0, 0.1) is 0 Å². The number of sulfonamides is 1. The molecule has 1 saturated heterocycles. The zero-order chi connectivity index (χ0) is 18.9. The number of thiazole rings is 1. The van der Waals surface area contributed by atoms with Crippen molar-refractivity contribution in [1.82, 2.24) is 14.2 Å². The lowest BCUT2D eigenvalue weighted by Gasteiger charge is -2.34. The summed E-state index contributed by atoms with van der Waals surface area (Å²) in [6.45, 7) is 1.44. The quantitative estimate of drug-likeness (QED) is 0.674. The maximum absolute atomic E-state index is 12.8. The number of carbonyl (C=O) groups is 1. The smallest absolute Gasteiger partial charge is 0.253 e. The second-order valence-electron chi connectivity index (χ2n) is 6.47. The van der Waals surface area contributed by atoms with Gasteiger partial charge < -0.3 is 4.90 Å². The maximum Gasteiger partial charge on any atom is 0.253 e. The molecule has 0 aliphatic carbocycles. The van der Waals surface area contributed by atoms with Gasteiger partial charge in [0.05, 0.1) is 21.5 Å². The van der Waals surface area contributed by atoms with Crippen molar-refractivity contribution in [2.45, 2.75) is 5.75 Å². The van der Waals surface area contributed by atoms with Crippen molar-refractivity contribution in [3.05, 3.63) is 65.2 Å². The fourth-order valence-corrected chi connectivity index (χ4v) is 5.45. The van der Waals surface area contributed by atoms with Gasteiger partial charge in [0.2, 0.25) is 10.0 Å². The van der Waals surface area contributed by atoms with Crippen LogP contribution in [0.25, 0.3) is 10.2 Å². The lowest BCUT2D eigenvalue weighted by atomic mass is 10.2. The molecule has 0 saturated carbocycles. The average Bonchev–Trinajstić information content (AvgIpc) is 3.16. The van der Waals surface area contributed by atoms with E-state index in [0.29, 0.717) is 31.7 Å². The van der Waals surface area contributed by atoms with Crippen LogP contribution in [-0.2, 0) is 15.8 Å². The molecule has 0 radical (unpaired) electrons. The number of fused-ring (bicyclic) bond motifs is 1. The third kappa shape index (κ3) is 3.87. The molecule has 2 heterocycles. The third-order valence-corrected chi connectivity index (χ3v) is 7.33. The number of aromatic nitrogens is 1. The Balaban J connectivity index is 1.41. The van der Waals surface area contributed by atoms with Crippen LogP contribution in [0.15, 0.2) is 54.0 Å². The summed E-state index contributed by atoms with van der Waals surface area (Å²) in [4.78, 5) is 18.7.